The molecule has 2 atom stereocenters. The topological polar surface area (TPSA) is 78.9 Å². The normalized spacial score (nSPS) is 13.1. The van der Waals surface area contributed by atoms with Crippen molar-refractivity contribution in [3.8, 4) is 0 Å². The highest BCUT2D eigenvalue weighted by molar-refractivity contribution is 5.83. The molecule has 142 valence electrons. The predicted octanol–water partition coefficient (Wildman–Crippen LogP) is 3.53. The molecule has 0 saturated carbocycles. The van der Waals surface area contributed by atoms with Crippen molar-refractivity contribution in [2.75, 3.05) is 0 Å². The summed E-state index contributed by atoms with van der Waals surface area (Å²) in [6.45, 7) is 5.33. The van der Waals surface area contributed by atoms with Crippen molar-refractivity contribution in [1.82, 2.24) is 0 Å². The molecular weight excluding hydrogens is 348 g/mol. The fraction of sp³-hybridized carbons (Fsp3) is 0.286. The average Bonchev–Trinajstić information content (AvgIpc) is 2.64. The van der Waals surface area contributed by atoms with Crippen LogP contribution in [0.2, 0.25) is 0 Å². The predicted molar refractivity (Wildman–Crippen MR) is 97.5 cm³/mol. The van der Waals surface area contributed by atoms with E-state index >= 15 is 0 Å². The van der Waals surface area contributed by atoms with E-state index in [1.54, 1.807) is 81.4 Å². The van der Waals surface area contributed by atoms with Gasteiger partial charge in [-0.2, -0.15) is 0 Å². The van der Waals surface area contributed by atoms with E-state index in [0.717, 1.165) is 0 Å². The number of carbonyl (C=O) groups excluding carboxylic acids is 3. The molecule has 2 aromatic carbocycles. The number of carbonyl (C=O) groups is 3. The first-order valence-electron chi connectivity index (χ1n) is 8.44. The van der Waals surface area contributed by atoms with Crippen molar-refractivity contribution >= 4 is 18.4 Å². The Morgan fingerprint density at radius 2 is 1.30 bits per heavy atom. The van der Waals surface area contributed by atoms with E-state index in [1.165, 1.54) is 0 Å². The van der Waals surface area contributed by atoms with Gasteiger partial charge >= 0.3 is 11.9 Å². The fourth-order valence-corrected chi connectivity index (χ4v) is 2.37. The summed E-state index contributed by atoms with van der Waals surface area (Å²) < 4.78 is 15.7. The highest BCUT2D eigenvalue weighted by Crippen LogP contribution is 2.26. The summed E-state index contributed by atoms with van der Waals surface area (Å²) in [6, 6.07) is 16.9. The Balaban J connectivity index is 2.28. The molecule has 0 heterocycles. The Labute approximate surface area is 158 Å². The van der Waals surface area contributed by atoms with Gasteiger partial charge in [-0.05, 0) is 20.8 Å². The minimum Gasteiger partial charge on any atom is -0.457 e. The maximum atomic E-state index is 12.7. The third-order valence-corrected chi connectivity index (χ3v) is 3.47. The standard InChI is InChI=1S/C21H22O6/c1-21(2,3)27-20(24)18(16-12-8-5-9-13-16)26-19(23)17(25-14-22)15-10-6-4-7-11-15/h4-14,17-18H,1-3H3. The fourth-order valence-electron chi connectivity index (χ4n) is 2.37. The van der Waals surface area contributed by atoms with E-state index in [0.29, 0.717) is 11.1 Å². The molecule has 0 aromatic heterocycles. The van der Waals surface area contributed by atoms with Crippen LogP contribution in [0.5, 0.6) is 0 Å². The van der Waals surface area contributed by atoms with Crippen LogP contribution in [0.25, 0.3) is 0 Å². The van der Waals surface area contributed by atoms with E-state index in [-0.39, 0.29) is 6.47 Å². The van der Waals surface area contributed by atoms with Gasteiger partial charge in [0.2, 0.25) is 12.2 Å². The van der Waals surface area contributed by atoms with Crippen LogP contribution >= 0.6 is 0 Å². The van der Waals surface area contributed by atoms with Crippen LogP contribution < -0.4 is 0 Å². The summed E-state index contributed by atoms with van der Waals surface area (Å²) in [5.74, 6) is -1.58. The first-order valence-corrected chi connectivity index (χ1v) is 8.44. The summed E-state index contributed by atoms with van der Waals surface area (Å²) in [5.41, 5.74) is 0.137. The van der Waals surface area contributed by atoms with Gasteiger partial charge in [0, 0.05) is 11.1 Å². The summed E-state index contributed by atoms with van der Waals surface area (Å²) in [6.07, 6.45) is -2.56. The van der Waals surface area contributed by atoms with Crippen LogP contribution in [0.4, 0.5) is 0 Å². The third-order valence-electron chi connectivity index (χ3n) is 3.47. The van der Waals surface area contributed by atoms with E-state index in [4.69, 9.17) is 14.2 Å². The molecule has 2 aromatic rings. The van der Waals surface area contributed by atoms with Gasteiger partial charge in [0.15, 0.2) is 0 Å². The van der Waals surface area contributed by atoms with Crippen molar-refractivity contribution < 1.29 is 28.6 Å². The Morgan fingerprint density at radius 3 is 1.74 bits per heavy atom. The quantitative estimate of drug-likeness (QED) is 0.421. The van der Waals surface area contributed by atoms with Gasteiger partial charge in [-0.15, -0.1) is 0 Å². The van der Waals surface area contributed by atoms with Gasteiger partial charge in [0.05, 0.1) is 0 Å². The Bertz CT molecular complexity index is 764. The van der Waals surface area contributed by atoms with Crippen LogP contribution in [-0.4, -0.2) is 24.0 Å². The van der Waals surface area contributed by atoms with Gasteiger partial charge in [0.25, 0.3) is 6.47 Å². The zero-order chi connectivity index (χ0) is 19.9. The second kappa shape index (κ2) is 8.98. The van der Waals surface area contributed by atoms with E-state index in [2.05, 4.69) is 0 Å². The van der Waals surface area contributed by atoms with Gasteiger partial charge in [-0.25, -0.2) is 9.59 Å². The summed E-state index contributed by atoms with van der Waals surface area (Å²) in [7, 11) is 0. The molecule has 2 unspecified atom stereocenters. The molecule has 0 radical (unpaired) electrons. The molecule has 27 heavy (non-hydrogen) atoms. The monoisotopic (exact) mass is 370 g/mol. The van der Waals surface area contributed by atoms with Crippen molar-refractivity contribution in [2.24, 2.45) is 0 Å². The molecule has 0 N–H and O–H groups in total. The van der Waals surface area contributed by atoms with Gasteiger partial charge in [-0.1, -0.05) is 60.7 Å². The minimum absolute atomic E-state index is 0.171. The lowest BCUT2D eigenvalue weighted by molar-refractivity contribution is -0.182. The van der Waals surface area contributed by atoms with Crippen LogP contribution in [0.3, 0.4) is 0 Å². The molecule has 0 saturated heterocycles. The summed E-state index contributed by atoms with van der Waals surface area (Å²) >= 11 is 0. The third kappa shape index (κ3) is 5.95. The highest BCUT2D eigenvalue weighted by Gasteiger charge is 2.33. The van der Waals surface area contributed by atoms with E-state index < -0.39 is 29.7 Å². The molecule has 2 rings (SSSR count). The second-order valence-electron chi connectivity index (χ2n) is 6.78. The highest BCUT2D eigenvalue weighted by atomic mass is 16.6. The molecule has 0 fully saturated rings. The molecule has 6 nitrogen and oxygen atoms in total. The first kappa shape index (κ1) is 20.2. The number of esters is 2. The summed E-state index contributed by atoms with van der Waals surface area (Å²) in [4.78, 5) is 36.1. The van der Waals surface area contributed by atoms with Crippen LogP contribution in [0.15, 0.2) is 60.7 Å². The maximum absolute atomic E-state index is 12.7. The van der Waals surface area contributed by atoms with Gasteiger partial charge < -0.3 is 14.2 Å². The van der Waals surface area contributed by atoms with Crippen molar-refractivity contribution in [2.45, 2.75) is 38.6 Å². The Morgan fingerprint density at radius 1 is 0.815 bits per heavy atom. The SMILES string of the molecule is CC(C)(C)OC(=O)C(OC(=O)C(OC=O)c1ccccc1)c1ccccc1. The lowest BCUT2D eigenvalue weighted by Gasteiger charge is -2.25. The lowest BCUT2D eigenvalue weighted by atomic mass is 10.1. The second-order valence-corrected chi connectivity index (χ2v) is 6.78. The molecule has 0 amide bonds. The van der Waals surface area contributed by atoms with Crippen molar-refractivity contribution in [3.63, 3.8) is 0 Å². The Kier molecular flexibility index (Phi) is 6.71. The smallest absolute Gasteiger partial charge is 0.353 e. The number of hydrogen-bond acceptors (Lipinski definition) is 6. The van der Waals surface area contributed by atoms with Gasteiger partial charge in [-0.3, -0.25) is 4.79 Å². The van der Waals surface area contributed by atoms with Crippen molar-refractivity contribution in [1.29, 1.82) is 0 Å². The summed E-state index contributed by atoms with van der Waals surface area (Å²) in [5, 5.41) is 0. The number of benzene rings is 2. The average molecular weight is 370 g/mol. The van der Waals surface area contributed by atoms with Crippen LogP contribution in [0, 0.1) is 0 Å². The molecular formula is C21H22O6. The molecule has 0 aliphatic rings. The first-order chi connectivity index (χ1) is 12.8. The molecule has 0 spiro atoms. The van der Waals surface area contributed by atoms with E-state index in [9.17, 15) is 14.4 Å². The molecule has 0 aliphatic heterocycles. The zero-order valence-corrected chi connectivity index (χ0v) is 15.5. The van der Waals surface area contributed by atoms with Crippen molar-refractivity contribution in [3.05, 3.63) is 71.8 Å². The maximum Gasteiger partial charge on any atom is 0.353 e. The largest absolute Gasteiger partial charge is 0.457 e. The lowest BCUT2D eigenvalue weighted by Crippen LogP contribution is -2.31. The van der Waals surface area contributed by atoms with Crippen LogP contribution in [0.1, 0.15) is 44.1 Å². The zero-order valence-electron chi connectivity index (χ0n) is 15.5. The number of rotatable bonds is 7. The Hall–Kier alpha value is -3.15. The molecule has 0 bridgehead atoms. The van der Waals surface area contributed by atoms with Gasteiger partial charge in [0.1, 0.15) is 5.60 Å². The number of ether oxygens (including phenoxy) is 3. The molecule has 6 heteroatoms. The number of hydrogen-bond donors (Lipinski definition) is 0. The minimum atomic E-state index is -1.28. The van der Waals surface area contributed by atoms with E-state index in [1.807, 2.05) is 0 Å². The molecule has 0 aliphatic carbocycles. The van der Waals surface area contributed by atoms with Crippen LogP contribution in [-0.2, 0) is 28.6 Å².